The Morgan fingerprint density at radius 3 is 2.59 bits per heavy atom. The van der Waals surface area contributed by atoms with Gasteiger partial charge in [0.2, 0.25) is 5.91 Å². The van der Waals surface area contributed by atoms with E-state index >= 15 is 0 Å². The molecule has 3 rings (SSSR count). The highest BCUT2D eigenvalue weighted by Crippen LogP contribution is 2.18. The van der Waals surface area contributed by atoms with Gasteiger partial charge in [-0.2, -0.15) is 0 Å². The average molecular weight is 519 g/mol. The summed E-state index contributed by atoms with van der Waals surface area (Å²) in [6, 6.07) is 5.67. The van der Waals surface area contributed by atoms with Crippen LogP contribution in [0.15, 0.2) is 29.3 Å². The number of carbonyl (C=O) groups excluding carboxylic acids is 2. The number of halogens is 2. The monoisotopic (exact) mass is 519 g/mol. The first-order valence-electron chi connectivity index (χ1n) is 9.29. The van der Waals surface area contributed by atoms with Crippen LogP contribution in [0.1, 0.15) is 20.8 Å². The number of carbonyl (C=O) groups is 2. The lowest BCUT2D eigenvalue weighted by Gasteiger charge is -2.39. The van der Waals surface area contributed by atoms with Crippen LogP contribution in [0.25, 0.3) is 0 Å². The Morgan fingerprint density at radius 2 is 1.93 bits per heavy atom. The fourth-order valence-corrected chi connectivity index (χ4v) is 3.12. The normalized spacial score (nSPS) is 18.3. The standard InChI is InChI=1S/C19H26FN5O3.HI/c1-19(2,3)28-18(27)24-8-9-25-15(12-24)10-21-17(25)22-11-16(26)23-14-6-4-13(20)5-7-14;/h4-7,15H,8-12H2,1-3H3,(H,21,22)(H,23,26);1H. The minimum atomic E-state index is -0.523. The molecule has 0 aliphatic carbocycles. The molecule has 1 saturated heterocycles. The Hall–Kier alpha value is -2.11. The van der Waals surface area contributed by atoms with Gasteiger partial charge in [0.25, 0.3) is 0 Å². The topological polar surface area (TPSA) is 86.3 Å². The number of benzene rings is 1. The van der Waals surface area contributed by atoms with Gasteiger partial charge in [-0.15, -0.1) is 24.0 Å². The van der Waals surface area contributed by atoms with E-state index in [4.69, 9.17) is 4.74 Å². The maximum atomic E-state index is 12.9. The molecule has 0 bridgehead atoms. The van der Waals surface area contributed by atoms with Crippen molar-refractivity contribution in [3.63, 3.8) is 0 Å². The van der Waals surface area contributed by atoms with Crippen molar-refractivity contribution in [1.29, 1.82) is 0 Å². The molecule has 2 aliphatic rings. The lowest BCUT2D eigenvalue weighted by Crippen LogP contribution is -2.58. The highest BCUT2D eigenvalue weighted by atomic mass is 127. The summed E-state index contributed by atoms with van der Waals surface area (Å²) >= 11 is 0. The molecule has 0 spiro atoms. The van der Waals surface area contributed by atoms with Crippen LogP contribution < -0.4 is 10.6 Å². The van der Waals surface area contributed by atoms with Crippen LogP contribution >= 0.6 is 24.0 Å². The molecule has 0 saturated carbocycles. The molecule has 0 radical (unpaired) electrons. The zero-order chi connectivity index (χ0) is 20.3. The summed E-state index contributed by atoms with van der Waals surface area (Å²) in [5.74, 6) is 0.0567. The lowest BCUT2D eigenvalue weighted by atomic mass is 10.2. The number of piperazine rings is 1. The molecule has 8 nitrogen and oxygen atoms in total. The Balaban J connectivity index is 0.00000300. The molecule has 1 fully saturated rings. The van der Waals surface area contributed by atoms with Crippen LogP contribution in [0.3, 0.4) is 0 Å². The summed E-state index contributed by atoms with van der Waals surface area (Å²) in [6.07, 6.45) is -0.313. The molecular weight excluding hydrogens is 492 g/mol. The third kappa shape index (κ3) is 6.44. The van der Waals surface area contributed by atoms with Gasteiger partial charge in [-0.05, 0) is 45.0 Å². The van der Waals surface area contributed by atoms with Crippen LogP contribution in [-0.4, -0.2) is 72.1 Å². The zero-order valence-corrected chi connectivity index (χ0v) is 19.1. The van der Waals surface area contributed by atoms with Crippen molar-refractivity contribution < 1.29 is 18.7 Å². The molecule has 2 heterocycles. The van der Waals surface area contributed by atoms with E-state index < -0.39 is 5.60 Å². The number of amides is 2. The number of ether oxygens (including phenoxy) is 1. The second-order valence-electron chi connectivity index (χ2n) is 7.85. The minimum absolute atomic E-state index is 0. The van der Waals surface area contributed by atoms with E-state index in [1.165, 1.54) is 24.3 Å². The van der Waals surface area contributed by atoms with E-state index in [1.807, 2.05) is 20.8 Å². The third-order valence-electron chi connectivity index (χ3n) is 4.39. The van der Waals surface area contributed by atoms with Crippen molar-refractivity contribution in [2.24, 2.45) is 4.99 Å². The van der Waals surface area contributed by atoms with Crippen molar-refractivity contribution in [2.45, 2.75) is 32.4 Å². The summed E-state index contributed by atoms with van der Waals surface area (Å²) in [7, 11) is 0. The van der Waals surface area contributed by atoms with Crippen molar-refractivity contribution in [3.8, 4) is 0 Å². The molecule has 1 aromatic carbocycles. The number of fused-ring (bicyclic) bond motifs is 1. The quantitative estimate of drug-likeness (QED) is 0.599. The smallest absolute Gasteiger partial charge is 0.410 e. The number of rotatable bonds is 3. The van der Waals surface area contributed by atoms with Crippen molar-refractivity contribution in [2.75, 3.05) is 38.0 Å². The van der Waals surface area contributed by atoms with Gasteiger partial charge in [-0.25, -0.2) is 9.18 Å². The predicted molar refractivity (Wildman–Crippen MR) is 119 cm³/mol. The molecule has 2 aliphatic heterocycles. The molecule has 1 atom stereocenters. The predicted octanol–water partition coefficient (Wildman–Crippen LogP) is 2.26. The second kappa shape index (κ2) is 9.59. The van der Waals surface area contributed by atoms with E-state index in [9.17, 15) is 14.0 Å². The molecule has 1 aromatic rings. The molecule has 160 valence electrons. The first-order chi connectivity index (χ1) is 13.2. The molecule has 2 amide bonds. The average Bonchev–Trinajstić information content (AvgIpc) is 3.03. The maximum absolute atomic E-state index is 12.9. The van der Waals surface area contributed by atoms with Gasteiger partial charge in [-0.1, -0.05) is 0 Å². The van der Waals surface area contributed by atoms with Crippen molar-refractivity contribution >= 4 is 47.6 Å². The third-order valence-corrected chi connectivity index (χ3v) is 4.39. The van der Waals surface area contributed by atoms with E-state index in [0.717, 1.165) is 0 Å². The second-order valence-corrected chi connectivity index (χ2v) is 7.85. The molecular formula is C19H27FIN5O3. The number of nitrogens with one attached hydrogen (secondary N) is 2. The van der Waals surface area contributed by atoms with Gasteiger partial charge in [0.1, 0.15) is 11.4 Å². The van der Waals surface area contributed by atoms with Gasteiger partial charge < -0.3 is 25.2 Å². The van der Waals surface area contributed by atoms with Crippen LogP contribution in [0.2, 0.25) is 0 Å². The number of hydrogen-bond acceptors (Lipinski definition) is 6. The van der Waals surface area contributed by atoms with Crippen LogP contribution in [0.4, 0.5) is 14.9 Å². The Morgan fingerprint density at radius 1 is 1.24 bits per heavy atom. The van der Waals surface area contributed by atoms with Crippen LogP contribution in [-0.2, 0) is 9.53 Å². The number of anilines is 1. The summed E-state index contributed by atoms with van der Waals surface area (Å²) in [4.78, 5) is 32.6. The molecule has 2 N–H and O–H groups in total. The first-order valence-corrected chi connectivity index (χ1v) is 9.29. The Labute approximate surface area is 186 Å². The van der Waals surface area contributed by atoms with Gasteiger partial charge in [0.15, 0.2) is 5.96 Å². The van der Waals surface area contributed by atoms with Crippen LogP contribution in [0, 0.1) is 5.82 Å². The number of nitrogens with zero attached hydrogens (tertiary/aromatic N) is 3. The number of hydrogen-bond donors (Lipinski definition) is 2. The van der Waals surface area contributed by atoms with Crippen molar-refractivity contribution in [1.82, 2.24) is 15.1 Å². The largest absolute Gasteiger partial charge is 0.444 e. The molecule has 29 heavy (non-hydrogen) atoms. The highest BCUT2D eigenvalue weighted by molar-refractivity contribution is 14.0. The lowest BCUT2D eigenvalue weighted by molar-refractivity contribution is -0.115. The summed E-state index contributed by atoms with van der Waals surface area (Å²) < 4.78 is 18.3. The van der Waals surface area contributed by atoms with Crippen molar-refractivity contribution in [3.05, 3.63) is 30.1 Å². The zero-order valence-electron chi connectivity index (χ0n) is 16.8. The SMILES string of the molecule is CC(C)(C)OC(=O)N1CCN2C(NCC(=O)Nc3ccc(F)cc3)=NCC2C1.I. The van der Waals surface area contributed by atoms with E-state index in [1.54, 1.807) is 4.90 Å². The highest BCUT2D eigenvalue weighted by Gasteiger charge is 2.36. The molecule has 0 aromatic heterocycles. The van der Waals surface area contributed by atoms with Gasteiger partial charge in [-0.3, -0.25) is 9.79 Å². The first kappa shape index (κ1) is 23.2. The molecule has 10 heteroatoms. The fourth-order valence-electron chi connectivity index (χ4n) is 3.12. The van der Waals surface area contributed by atoms with Crippen LogP contribution in [0.5, 0.6) is 0 Å². The van der Waals surface area contributed by atoms with E-state index in [2.05, 4.69) is 20.5 Å². The Kier molecular flexibility index (Phi) is 7.66. The fraction of sp³-hybridized carbons (Fsp3) is 0.526. The minimum Gasteiger partial charge on any atom is -0.444 e. The number of guanidine groups is 1. The summed E-state index contributed by atoms with van der Waals surface area (Å²) in [5, 5.41) is 5.75. The molecule has 1 unspecified atom stereocenters. The maximum Gasteiger partial charge on any atom is 0.410 e. The van der Waals surface area contributed by atoms with E-state index in [-0.39, 0.29) is 54.4 Å². The summed E-state index contributed by atoms with van der Waals surface area (Å²) in [5.41, 5.74) is 0.00997. The summed E-state index contributed by atoms with van der Waals surface area (Å²) in [6.45, 7) is 7.83. The Bertz CT molecular complexity index is 766. The number of aliphatic imine (C=N–C) groups is 1. The van der Waals surface area contributed by atoms with Gasteiger partial charge >= 0.3 is 6.09 Å². The van der Waals surface area contributed by atoms with Gasteiger partial charge in [0.05, 0.1) is 19.1 Å². The van der Waals surface area contributed by atoms with E-state index in [0.29, 0.717) is 37.8 Å². The van der Waals surface area contributed by atoms with Gasteiger partial charge in [0, 0.05) is 25.3 Å².